The summed E-state index contributed by atoms with van der Waals surface area (Å²) in [5, 5.41) is 0.800. The lowest BCUT2D eigenvalue weighted by Gasteiger charge is -2.05. The first-order valence-corrected chi connectivity index (χ1v) is 7.07. The zero-order chi connectivity index (χ0) is 13.8. The third-order valence-corrected chi connectivity index (χ3v) is 3.11. The van der Waals surface area contributed by atoms with Crippen LogP contribution in [0.2, 0.25) is 0 Å². The lowest BCUT2D eigenvalue weighted by molar-refractivity contribution is 0.102. The summed E-state index contributed by atoms with van der Waals surface area (Å²) in [6, 6.07) is 6.78. The molecule has 0 aliphatic carbocycles. The van der Waals surface area contributed by atoms with Crippen molar-refractivity contribution in [2.24, 2.45) is 0 Å². The molecule has 2 rings (SSSR count). The van der Waals surface area contributed by atoms with Crippen molar-refractivity contribution in [1.29, 1.82) is 0 Å². The number of carbonyl (C=O) groups is 1. The number of fused-ring (bicyclic) bond motifs is 1. The van der Waals surface area contributed by atoms with E-state index in [9.17, 15) is 9.59 Å². The molecule has 0 radical (unpaired) electrons. The highest BCUT2D eigenvalue weighted by molar-refractivity contribution is 9.09. The summed E-state index contributed by atoms with van der Waals surface area (Å²) in [6.07, 6.45) is 0.903. The second-order valence-electron chi connectivity index (χ2n) is 4.05. The van der Waals surface area contributed by atoms with Gasteiger partial charge in [0.25, 0.3) is 0 Å². The van der Waals surface area contributed by atoms with Gasteiger partial charge < -0.3 is 9.15 Å². The van der Waals surface area contributed by atoms with E-state index in [-0.39, 0.29) is 16.7 Å². The first-order chi connectivity index (χ1) is 9.15. The highest BCUT2D eigenvalue weighted by Crippen LogP contribution is 2.21. The lowest BCUT2D eigenvalue weighted by atomic mass is 10.1. The maximum absolute atomic E-state index is 11.7. The van der Waals surface area contributed by atoms with Crippen LogP contribution in [0.5, 0.6) is 5.75 Å². The molecule has 0 saturated heterocycles. The maximum Gasteiger partial charge on any atom is 0.347 e. The highest BCUT2D eigenvalue weighted by Gasteiger charge is 2.12. The summed E-state index contributed by atoms with van der Waals surface area (Å²) in [5.74, 6) is 0.360. The quantitative estimate of drug-likeness (QED) is 0.481. The summed E-state index contributed by atoms with van der Waals surface area (Å²) < 4.78 is 10.6. The minimum Gasteiger partial charge on any atom is -0.493 e. The molecule has 0 unspecified atom stereocenters. The van der Waals surface area contributed by atoms with Gasteiger partial charge in [-0.25, -0.2) is 4.79 Å². The van der Waals surface area contributed by atoms with Crippen LogP contribution in [-0.2, 0) is 0 Å². The van der Waals surface area contributed by atoms with E-state index in [0.717, 1.165) is 6.42 Å². The van der Waals surface area contributed by atoms with Crippen molar-refractivity contribution in [2.45, 2.75) is 13.3 Å². The van der Waals surface area contributed by atoms with Crippen molar-refractivity contribution in [3.05, 3.63) is 40.2 Å². The van der Waals surface area contributed by atoms with E-state index in [1.807, 2.05) is 6.92 Å². The van der Waals surface area contributed by atoms with E-state index >= 15 is 0 Å². The molecular weight excluding hydrogens is 312 g/mol. The number of alkyl halides is 1. The predicted molar refractivity (Wildman–Crippen MR) is 76.4 cm³/mol. The maximum atomic E-state index is 11.7. The Hall–Kier alpha value is -1.62. The molecule has 0 spiro atoms. The molecule has 0 saturated carbocycles. The number of ketones is 1. The molecule has 5 heteroatoms. The van der Waals surface area contributed by atoms with Crippen molar-refractivity contribution < 1.29 is 13.9 Å². The van der Waals surface area contributed by atoms with Crippen LogP contribution < -0.4 is 10.4 Å². The number of ether oxygens (including phenoxy) is 1. The number of Topliss-reactive ketones (excluding diaryl/α,β-unsaturated/α-hetero) is 1. The SMILES string of the molecule is CCCOc1ccc2cc(C(=O)CBr)c(=O)oc2c1. The van der Waals surface area contributed by atoms with Gasteiger partial charge in [0, 0.05) is 11.5 Å². The van der Waals surface area contributed by atoms with Gasteiger partial charge in [-0.3, -0.25) is 4.79 Å². The summed E-state index contributed by atoms with van der Waals surface area (Å²) in [5.41, 5.74) is -0.138. The fourth-order valence-electron chi connectivity index (χ4n) is 1.67. The summed E-state index contributed by atoms with van der Waals surface area (Å²) >= 11 is 3.04. The van der Waals surface area contributed by atoms with Gasteiger partial charge in [0.1, 0.15) is 16.9 Å². The summed E-state index contributed by atoms with van der Waals surface area (Å²) in [4.78, 5) is 23.3. The van der Waals surface area contributed by atoms with Crippen LogP contribution in [0.25, 0.3) is 11.0 Å². The third-order valence-electron chi connectivity index (χ3n) is 2.60. The molecule has 0 N–H and O–H groups in total. The third kappa shape index (κ3) is 3.04. The second-order valence-corrected chi connectivity index (χ2v) is 4.61. The number of benzene rings is 1. The van der Waals surface area contributed by atoms with Gasteiger partial charge in [-0.2, -0.15) is 0 Å². The molecule has 2 aromatic rings. The summed E-state index contributed by atoms with van der Waals surface area (Å²) in [7, 11) is 0. The molecule has 19 heavy (non-hydrogen) atoms. The van der Waals surface area contributed by atoms with Crippen LogP contribution in [0.4, 0.5) is 0 Å². The van der Waals surface area contributed by atoms with Crippen LogP contribution in [0, 0.1) is 0 Å². The summed E-state index contributed by atoms with van der Waals surface area (Å²) in [6.45, 7) is 2.62. The van der Waals surface area contributed by atoms with Crippen molar-refractivity contribution in [2.75, 3.05) is 11.9 Å². The molecule has 4 nitrogen and oxygen atoms in total. The molecule has 1 aromatic heterocycles. The monoisotopic (exact) mass is 324 g/mol. The van der Waals surface area contributed by atoms with Gasteiger partial charge in [-0.05, 0) is 24.6 Å². The van der Waals surface area contributed by atoms with Gasteiger partial charge in [0.05, 0.1) is 11.9 Å². The van der Waals surface area contributed by atoms with Crippen LogP contribution >= 0.6 is 15.9 Å². The van der Waals surface area contributed by atoms with Crippen LogP contribution in [0.15, 0.2) is 33.5 Å². The van der Waals surface area contributed by atoms with Crippen molar-refractivity contribution in [3.63, 3.8) is 0 Å². The van der Waals surface area contributed by atoms with E-state index in [0.29, 0.717) is 23.3 Å². The van der Waals surface area contributed by atoms with Crippen molar-refractivity contribution in [1.82, 2.24) is 0 Å². The highest BCUT2D eigenvalue weighted by atomic mass is 79.9. The lowest BCUT2D eigenvalue weighted by Crippen LogP contribution is -2.14. The molecule has 0 aliphatic heterocycles. The minimum absolute atomic E-state index is 0.0617. The average Bonchev–Trinajstić information content (AvgIpc) is 2.43. The zero-order valence-corrected chi connectivity index (χ0v) is 12.0. The zero-order valence-electron chi connectivity index (χ0n) is 10.4. The first kappa shape index (κ1) is 13.8. The Labute approximate surface area is 118 Å². The number of hydrogen-bond acceptors (Lipinski definition) is 4. The number of halogens is 1. The topological polar surface area (TPSA) is 56.5 Å². The number of carbonyl (C=O) groups excluding carboxylic acids is 1. The molecule has 0 aliphatic rings. The van der Waals surface area contributed by atoms with Gasteiger partial charge >= 0.3 is 5.63 Å². The molecule has 1 aromatic carbocycles. The van der Waals surface area contributed by atoms with E-state index in [1.165, 1.54) is 0 Å². The largest absolute Gasteiger partial charge is 0.493 e. The smallest absolute Gasteiger partial charge is 0.347 e. The van der Waals surface area contributed by atoms with Crippen molar-refractivity contribution >= 4 is 32.7 Å². The second kappa shape index (κ2) is 6.02. The normalized spacial score (nSPS) is 10.6. The molecule has 0 amide bonds. The number of hydrogen-bond donors (Lipinski definition) is 0. The molecule has 100 valence electrons. The molecule has 0 fully saturated rings. The van der Waals surface area contributed by atoms with Gasteiger partial charge in [0.2, 0.25) is 0 Å². The first-order valence-electron chi connectivity index (χ1n) is 5.95. The Balaban J connectivity index is 2.46. The molecule has 0 bridgehead atoms. The Kier molecular flexibility index (Phi) is 4.37. The van der Waals surface area contributed by atoms with Crippen LogP contribution in [0.1, 0.15) is 23.7 Å². The van der Waals surface area contributed by atoms with E-state index in [2.05, 4.69) is 15.9 Å². The predicted octanol–water partition coefficient (Wildman–Crippen LogP) is 3.16. The van der Waals surface area contributed by atoms with Gasteiger partial charge in [0.15, 0.2) is 5.78 Å². The van der Waals surface area contributed by atoms with E-state index < -0.39 is 5.63 Å². The number of rotatable bonds is 5. The standard InChI is InChI=1S/C14H13BrO4/c1-2-5-18-10-4-3-9-6-11(12(16)8-15)14(17)19-13(9)7-10/h3-4,6-7H,2,5,8H2,1H3. The Morgan fingerprint density at radius 3 is 2.84 bits per heavy atom. The minimum atomic E-state index is -0.621. The van der Waals surface area contributed by atoms with E-state index in [4.69, 9.17) is 9.15 Å². The Bertz CT molecular complexity index is 660. The van der Waals surface area contributed by atoms with Gasteiger partial charge in [-0.1, -0.05) is 22.9 Å². The van der Waals surface area contributed by atoms with E-state index in [1.54, 1.807) is 24.3 Å². The van der Waals surface area contributed by atoms with Crippen LogP contribution in [-0.4, -0.2) is 17.7 Å². The molecule has 1 heterocycles. The Morgan fingerprint density at radius 2 is 2.16 bits per heavy atom. The van der Waals surface area contributed by atoms with Gasteiger partial charge in [-0.15, -0.1) is 0 Å². The van der Waals surface area contributed by atoms with Crippen LogP contribution in [0.3, 0.4) is 0 Å². The Morgan fingerprint density at radius 1 is 1.37 bits per heavy atom. The fraction of sp³-hybridized carbons (Fsp3) is 0.286. The van der Waals surface area contributed by atoms with Crippen molar-refractivity contribution in [3.8, 4) is 5.75 Å². The molecule has 0 atom stereocenters. The fourth-order valence-corrected chi connectivity index (χ4v) is 1.97. The molecular formula is C14H13BrO4. The average molecular weight is 325 g/mol.